The smallest absolute Gasteiger partial charge is 0.408 e. The number of nitrogens with one attached hydrogen (secondary N) is 1. The minimum atomic E-state index is -0.745. The molecule has 168 valence electrons. The van der Waals surface area contributed by atoms with Gasteiger partial charge in [0.2, 0.25) is 0 Å². The number of hydrogen-bond acceptors (Lipinski definition) is 4. The van der Waals surface area contributed by atoms with Crippen LogP contribution in [0.25, 0.3) is 10.8 Å². The second-order valence-corrected chi connectivity index (χ2v) is 9.80. The van der Waals surface area contributed by atoms with Gasteiger partial charge in [0, 0.05) is 5.92 Å². The van der Waals surface area contributed by atoms with Crippen molar-refractivity contribution < 1.29 is 19.1 Å². The Balaban J connectivity index is 1.78. The molecular formula is C26H35NO4. The lowest BCUT2D eigenvalue weighted by Gasteiger charge is -2.34. The van der Waals surface area contributed by atoms with Crippen LogP contribution in [0, 0.1) is 5.92 Å². The summed E-state index contributed by atoms with van der Waals surface area (Å²) < 4.78 is 11.4. The number of esters is 1. The van der Waals surface area contributed by atoms with Crippen molar-refractivity contribution in [2.24, 2.45) is 5.92 Å². The van der Waals surface area contributed by atoms with E-state index in [0.29, 0.717) is 0 Å². The van der Waals surface area contributed by atoms with Crippen LogP contribution in [-0.2, 0) is 14.3 Å². The number of carbonyl (C=O) groups is 2. The van der Waals surface area contributed by atoms with Crippen molar-refractivity contribution in [1.29, 1.82) is 0 Å². The number of ether oxygens (including phenoxy) is 2. The van der Waals surface area contributed by atoms with E-state index in [1.807, 2.05) is 19.9 Å². The average molecular weight is 426 g/mol. The first-order valence-electron chi connectivity index (χ1n) is 11.3. The fraction of sp³-hybridized carbons (Fsp3) is 0.538. The van der Waals surface area contributed by atoms with Gasteiger partial charge in [-0.15, -0.1) is 0 Å². The molecule has 1 N–H and O–H groups in total. The fourth-order valence-corrected chi connectivity index (χ4v) is 4.32. The highest BCUT2D eigenvalue weighted by molar-refractivity contribution is 5.86. The van der Waals surface area contributed by atoms with E-state index in [9.17, 15) is 9.59 Å². The molecule has 1 aliphatic carbocycles. The maximum Gasteiger partial charge on any atom is 0.408 e. The van der Waals surface area contributed by atoms with Crippen LogP contribution in [0.15, 0.2) is 42.5 Å². The highest BCUT2D eigenvalue weighted by Crippen LogP contribution is 2.38. The molecule has 0 radical (unpaired) electrons. The lowest BCUT2D eigenvalue weighted by molar-refractivity contribution is -0.155. The predicted molar refractivity (Wildman–Crippen MR) is 123 cm³/mol. The number of hydrogen-bond donors (Lipinski definition) is 1. The Morgan fingerprint density at radius 2 is 1.68 bits per heavy atom. The minimum absolute atomic E-state index is 0.111. The monoisotopic (exact) mass is 425 g/mol. The van der Waals surface area contributed by atoms with Crippen molar-refractivity contribution >= 4 is 22.8 Å². The quantitative estimate of drug-likeness (QED) is 0.601. The molecule has 0 saturated heterocycles. The first kappa shape index (κ1) is 23.1. The van der Waals surface area contributed by atoms with Gasteiger partial charge in [0.25, 0.3) is 0 Å². The van der Waals surface area contributed by atoms with Gasteiger partial charge < -0.3 is 14.8 Å². The summed E-state index contributed by atoms with van der Waals surface area (Å²) in [4.78, 5) is 25.4. The summed E-state index contributed by atoms with van der Waals surface area (Å²) in [7, 11) is 0. The summed E-state index contributed by atoms with van der Waals surface area (Å²) in [6.45, 7) is 9.18. The Hall–Kier alpha value is -2.56. The molecule has 0 heterocycles. The molecule has 0 bridgehead atoms. The van der Waals surface area contributed by atoms with Crippen LogP contribution >= 0.6 is 0 Å². The molecule has 5 nitrogen and oxygen atoms in total. The SMILES string of the molecule is CC(C)[C@H](NC(=O)OC(C)(C)C)C(=O)O[C@@H]1CCCC[C@H]1c1cccc2ccccc12. The van der Waals surface area contributed by atoms with Gasteiger partial charge in [0.15, 0.2) is 0 Å². The molecule has 0 spiro atoms. The third-order valence-electron chi connectivity index (χ3n) is 5.79. The summed E-state index contributed by atoms with van der Waals surface area (Å²) in [6, 6.07) is 13.9. The van der Waals surface area contributed by atoms with E-state index in [2.05, 4.69) is 41.7 Å². The number of carbonyl (C=O) groups excluding carboxylic acids is 2. The number of alkyl carbamates (subject to hydrolysis) is 1. The van der Waals surface area contributed by atoms with E-state index in [1.165, 1.54) is 16.3 Å². The van der Waals surface area contributed by atoms with Gasteiger partial charge >= 0.3 is 12.1 Å². The van der Waals surface area contributed by atoms with Crippen molar-refractivity contribution in [1.82, 2.24) is 5.32 Å². The van der Waals surface area contributed by atoms with Gasteiger partial charge in [0.1, 0.15) is 17.7 Å². The van der Waals surface area contributed by atoms with Gasteiger partial charge in [-0.25, -0.2) is 9.59 Å². The van der Waals surface area contributed by atoms with Gasteiger partial charge in [-0.2, -0.15) is 0 Å². The molecule has 1 aliphatic rings. The van der Waals surface area contributed by atoms with Crippen molar-refractivity contribution in [3.05, 3.63) is 48.0 Å². The molecule has 1 saturated carbocycles. The number of benzene rings is 2. The zero-order chi connectivity index (χ0) is 22.6. The molecule has 0 aromatic heterocycles. The fourth-order valence-electron chi connectivity index (χ4n) is 4.32. The average Bonchev–Trinajstić information content (AvgIpc) is 2.70. The zero-order valence-electron chi connectivity index (χ0n) is 19.3. The van der Waals surface area contributed by atoms with Crippen LogP contribution < -0.4 is 5.32 Å². The largest absolute Gasteiger partial charge is 0.460 e. The van der Waals surface area contributed by atoms with Gasteiger partial charge in [-0.1, -0.05) is 62.7 Å². The summed E-state index contributed by atoms with van der Waals surface area (Å²) >= 11 is 0. The summed E-state index contributed by atoms with van der Waals surface area (Å²) in [6.07, 6.45) is 3.16. The molecule has 1 amide bonds. The van der Waals surface area contributed by atoms with E-state index in [1.54, 1.807) is 20.8 Å². The molecule has 5 heteroatoms. The molecule has 0 unspecified atom stereocenters. The molecule has 3 rings (SSSR count). The number of rotatable bonds is 5. The second kappa shape index (κ2) is 9.71. The third-order valence-corrected chi connectivity index (χ3v) is 5.79. The first-order chi connectivity index (χ1) is 14.7. The topological polar surface area (TPSA) is 64.6 Å². The standard InChI is InChI=1S/C26H35NO4/c1-17(2)23(27-25(29)31-26(3,4)5)24(28)30-22-16-9-8-14-21(22)20-15-10-12-18-11-6-7-13-19(18)20/h6-7,10-13,15,17,21-23H,8-9,14,16H2,1-5H3,(H,27,29)/t21-,22+,23-/m0/s1. The van der Waals surface area contributed by atoms with Crippen molar-refractivity contribution in [3.8, 4) is 0 Å². The van der Waals surface area contributed by atoms with Crippen LogP contribution in [0.2, 0.25) is 0 Å². The molecule has 2 aromatic carbocycles. The van der Waals surface area contributed by atoms with Crippen molar-refractivity contribution in [3.63, 3.8) is 0 Å². The van der Waals surface area contributed by atoms with E-state index in [4.69, 9.17) is 9.47 Å². The lowest BCUT2D eigenvalue weighted by atomic mass is 9.80. The normalized spacial score (nSPS) is 20.3. The molecular weight excluding hydrogens is 390 g/mol. The van der Waals surface area contributed by atoms with E-state index >= 15 is 0 Å². The van der Waals surface area contributed by atoms with Crippen LogP contribution in [0.4, 0.5) is 4.79 Å². The Kier molecular flexibility index (Phi) is 7.24. The Morgan fingerprint density at radius 1 is 1.00 bits per heavy atom. The van der Waals surface area contributed by atoms with Crippen molar-refractivity contribution in [2.45, 2.75) is 84.0 Å². The maximum absolute atomic E-state index is 13.1. The van der Waals surface area contributed by atoms with Gasteiger partial charge in [-0.3, -0.25) is 0 Å². The summed E-state index contributed by atoms with van der Waals surface area (Å²) in [5.74, 6) is -0.351. The number of amides is 1. The van der Waals surface area contributed by atoms with Crippen LogP contribution in [-0.4, -0.2) is 29.8 Å². The maximum atomic E-state index is 13.1. The predicted octanol–water partition coefficient (Wildman–Crippen LogP) is 5.96. The Morgan fingerprint density at radius 3 is 2.39 bits per heavy atom. The van der Waals surface area contributed by atoms with Crippen LogP contribution in [0.1, 0.15) is 71.8 Å². The second-order valence-electron chi connectivity index (χ2n) is 9.80. The van der Waals surface area contributed by atoms with Crippen LogP contribution in [0.3, 0.4) is 0 Å². The van der Waals surface area contributed by atoms with E-state index < -0.39 is 23.7 Å². The third kappa shape index (κ3) is 5.99. The Labute approximate surface area is 185 Å². The van der Waals surface area contributed by atoms with E-state index in [-0.39, 0.29) is 17.9 Å². The van der Waals surface area contributed by atoms with Crippen LogP contribution in [0.5, 0.6) is 0 Å². The molecule has 2 aromatic rings. The van der Waals surface area contributed by atoms with Gasteiger partial charge in [-0.05, 0) is 62.3 Å². The lowest BCUT2D eigenvalue weighted by Crippen LogP contribution is -2.48. The minimum Gasteiger partial charge on any atom is -0.460 e. The molecule has 31 heavy (non-hydrogen) atoms. The molecule has 3 atom stereocenters. The molecule has 0 aliphatic heterocycles. The van der Waals surface area contributed by atoms with Crippen molar-refractivity contribution in [2.75, 3.05) is 0 Å². The zero-order valence-corrected chi connectivity index (χ0v) is 19.3. The highest BCUT2D eigenvalue weighted by Gasteiger charge is 2.35. The highest BCUT2D eigenvalue weighted by atomic mass is 16.6. The summed E-state index contributed by atoms with van der Waals surface area (Å²) in [5, 5.41) is 5.12. The summed E-state index contributed by atoms with van der Waals surface area (Å²) in [5.41, 5.74) is 0.607. The van der Waals surface area contributed by atoms with Gasteiger partial charge in [0.05, 0.1) is 0 Å². The number of fused-ring (bicyclic) bond motifs is 1. The molecule has 1 fully saturated rings. The first-order valence-corrected chi connectivity index (χ1v) is 11.3. The Bertz CT molecular complexity index is 910. The van der Waals surface area contributed by atoms with E-state index in [0.717, 1.165) is 25.7 Å².